The number of fused-ring (bicyclic) bond motifs is 1. The summed E-state index contributed by atoms with van der Waals surface area (Å²) < 4.78 is 7.60. The zero-order valence-corrected chi connectivity index (χ0v) is 19.5. The van der Waals surface area contributed by atoms with Gasteiger partial charge >= 0.3 is 6.01 Å². The Kier molecular flexibility index (Phi) is 5.22. The van der Waals surface area contributed by atoms with Gasteiger partial charge in [-0.3, -0.25) is 9.48 Å². The van der Waals surface area contributed by atoms with Crippen LogP contribution in [0.4, 0.5) is 11.7 Å². The second-order valence-electron chi connectivity index (χ2n) is 8.61. The van der Waals surface area contributed by atoms with Crippen molar-refractivity contribution in [2.45, 2.75) is 12.8 Å². The molecule has 176 valence electrons. The molecular formula is C24H21ClN8O2. The summed E-state index contributed by atoms with van der Waals surface area (Å²) in [6.45, 7) is 0.703. The fourth-order valence-corrected chi connectivity index (χ4v) is 4.05. The van der Waals surface area contributed by atoms with Crippen LogP contribution >= 0.6 is 11.6 Å². The monoisotopic (exact) mass is 488 g/mol. The first-order chi connectivity index (χ1) is 17.0. The van der Waals surface area contributed by atoms with Crippen LogP contribution < -0.4 is 10.6 Å². The van der Waals surface area contributed by atoms with Gasteiger partial charge in [-0.25, -0.2) is 4.98 Å². The van der Waals surface area contributed by atoms with Gasteiger partial charge in [0.05, 0.1) is 22.5 Å². The van der Waals surface area contributed by atoms with Gasteiger partial charge in [0.1, 0.15) is 5.65 Å². The summed E-state index contributed by atoms with van der Waals surface area (Å²) in [4.78, 5) is 19.9. The molecule has 0 radical (unpaired) electrons. The van der Waals surface area contributed by atoms with E-state index in [0.29, 0.717) is 40.3 Å². The van der Waals surface area contributed by atoms with Crippen LogP contribution in [0.1, 0.15) is 23.2 Å². The highest BCUT2D eigenvalue weighted by molar-refractivity contribution is 6.33. The van der Waals surface area contributed by atoms with Gasteiger partial charge < -0.3 is 20.0 Å². The highest BCUT2D eigenvalue weighted by Gasteiger charge is 2.22. The largest absolute Gasteiger partial charge is 0.403 e. The first-order valence-electron chi connectivity index (χ1n) is 11.2. The minimum atomic E-state index is -0.135. The van der Waals surface area contributed by atoms with Gasteiger partial charge in [0, 0.05) is 54.3 Å². The van der Waals surface area contributed by atoms with Crippen molar-refractivity contribution in [2.75, 3.05) is 11.9 Å². The number of amides is 1. The molecule has 6 rings (SSSR count). The predicted octanol–water partition coefficient (Wildman–Crippen LogP) is 4.55. The number of hydrogen-bond donors (Lipinski definition) is 3. The number of hydrogen-bond acceptors (Lipinski definition) is 7. The number of aromatic nitrogens is 6. The van der Waals surface area contributed by atoms with Crippen LogP contribution in [0.3, 0.4) is 0 Å². The predicted molar refractivity (Wildman–Crippen MR) is 131 cm³/mol. The molecule has 0 spiro atoms. The topological polar surface area (TPSA) is 127 Å². The second kappa shape index (κ2) is 8.55. The number of carbonyl (C=O) groups excluding carboxylic acids is 1. The summed E-state index contributed by atoms with van der Waals surface area (Å²) in [5, 5.41) is 19.7. The molecule has 1 aliphatic carbocycles. The van der Waals surface area contributed by atoms with Crippen LogP contribution in [0.15, 0.2) is 53.5 Å². The van der Waals surface area contributed by atoms with E-state index in [0.717, 1.165) is 22.1 Å². The molecule has 0 unspecified atom stereocenters. The van der Waals surface area contributed by atoms with E-state index in [1.807, 2.05) is 19.3 Å². The van der Waals surface area contributed by atoms with Crippen molar-refractivity contribution < 1.29 is 9.21 Å². The molecule has 11 heteroatoms. The molecule has 0 aliphatic heterocycles. The number of carbonyl (C=O) groups is 1. The molecule has 0 bridgehead atoms. The summed E-state index contributed by atoms with van der Waals surface area (Å²) in [6, 6.07) is 7.23. The van der Waals surface area contributed by atoms with Crippen molar-refractivity contribution in [3.63, 3.8) is 0 Å². The van der Waals surface area contributed by atoms with Crippen molar-refractivity contribution in [3.8, 4) is 22.6 Å². The minimum absolute atomic E-state index is 0.135. The maximum Gasteiger partial charge on any atom is 0.320 e. The highest BCUT2D eigenvalue weighted by Crippen LogP contribution is 2.32. The Morgan fingerprint density at radius 1 is 1.23 bits per heavy atom. The van der Waals surface area contributed by atoms with E-state index in [-0.39, 0.29) is 11.9 Å². The van der Waals surface area contributed by atoms with Crippen LogP contribution in [-0.2, 0) is 7.05 Å². The number of aromatic amines is 1. The normalized spacial score (nSPS) is 13.3. The summed E-state index contributed by atoms with van der Waals surface area (Å²) in [5.41, 5.74) is 4.38. The standard InChI is InChI=1S/C24H21ClN8O2/c1-33-12-16(10-29-33)15-6-17-18(11-27-21(17)26-9-15)23-31-32-24(35-23)30-20-5-4-14(7-19(20)25)22(34)28-8-13-2-3-13/h4-7,9-13H,2-3,8H2,1H3,(H,26,27)(H,28,34)(H,30,32). The molecule has 1 aromatic carbocycles. The van der Waals surface area contributed by atoms with Gasteiger partial charge in [0.15, 0.2) is 0 Å². The first kappa shape index (κ1) is 21.4. The Hall–Kier alpha value is -4.18. The van der Waals surface area contributed by atoms with Crippen molar-refractivity contribution in [3.05, 3.63) is 59.6 Å². The Morgan fingerprint density at radius 2 is 2.11 bits per heavy atom. The average Bonchev–Trinajstić information content (AvgIpc) is 3.20. The number of benzene rings is 1. The fourth-order valence-electron chi connectivity index (χ4n) is 3.83. The molecule has 0 atom stereocenters. The number of halogens is 1. The third-order valence-electron chi connectivity index (χ3n) is 5.95. The molecule has 1 fully saturated rings. The summed E-state index contributed by atoms with van der Waals surface area (Å²) in [6.07, 6.45) is 9.64. The average molecular weight is 489 g/mol. The van der Waals surface area contributed by atoms with Gasteiger partial charge in [-0.2, -0.15) is 5.10 Å². The molecule has 4 aromatic heterocycles. The highest BCUT2D eigenvalue weighted by atomic mass is 35.5. The quantitative estimate of drug-likeness (QED) is 0.306. The van der Waals surface area contributed by atoms with Gasteiger partial charge in [-0.15, -0.1) is 5.10 Å². The molecule has 1 aliphatic rings. The lowest BCUT2D eigenvalue weighted by Gasteiger charge is -2.08. The maximum absolute atomic E-state index is 12.3. The van der Waals surface area contributed by atoms with E-state index < -0.39 is 0 Å². The van der Waals surface area contributed by atoms with Crippen molar-refractivity contribution in [2.24, 2.45) is 13.0 Å². The zero-order chi connectivity index (χ0) is 23.9. The van der Waals surface area contributed by atoms with Gasteiger partial charge in [0.2, 0.25) is 0 Å². The lowest BCUT2D eigenvalue weighted by molar-refractivity contribution is 0.0952. The molecule has 1 saturated carbocycles. The molecular weight excluding hydrogens is 468 g/mol. The third kappa shape index (κ3) is 4.35. The van der Waals surface area contributed by atoms with E-state index in [1.165, 1.54) is 12.8 Å². The van der Waals surface area contributed by atoms with Crippen LogP contribution in [-0.4, -0.2) is 42.4 Å². The maximum atomic E-state index is 12.3. The van der Waals surface area contributed by atoms with Crippen molar-refractivity contribution >= 4 is 40.2 Å². The summed E-state index contributed by atoms with van der Waals surface area (Å²) in [5.74, 6) is 0.803. The second-order valence-corrected chi connectivity index (χ2v) is 9.02. The Morgan fingerprint density at radius 3 is 2.89 bits per heavy atom. The summed E-state index contributed by atoms with van der Waals surface area (Å²) in [7, 11) is 1.87. The fraction of sp³-hybridized carbons (Fsp3) is 0.208. The number of rotatable bonds is 7. The number of nitrogens with zero attached hydrogens (tertiary/aromatic N) is 5. The van der Waals surface area contributed by atoms with E-state index >= 15 is 0 Å². The van der Waals surface area contributed by atoms with E-state index in [4.69, 9.17) is 16.0 Å². The Labute approximate surface area is 204 Å². The van der Waals surface area contributed by atoms with Crippen LogP contribution in [0.25, 0.3) is 33.6 Å². The number of nitrogens with one attached hydrogen (secondary N) is 3. The lowest BCUT2D eigenvalue weighted by atomic mass is 10.1. The first-order valence-corrected chi connectivity index (χ1v) is 11.6. The van der Waals surface area contributed by atoms with E-state index in [9.17, 15) is 4.79 Å². The van der Waals surface area contributed by atoms with Gasteiger partial charge in [-0.1, -0.05) is 16.7 Å². The number of anilines is 2. The Balaban J connectivity index is 1.22. The summed E-state index contributed by atoms with van der Waals surface area (Å²) >= 11 is 6.41. The van der Waals surface area contributed by atoms with Crippen molar-refractivity contribution in [1.82, 2.24) is 35.3 Å². The molecule has 1 amide bonds. The van der Waals surface area contributed by atoms with Crippen molar-refractivity contribution in [1.29, 1.82) is 0 Å². The van der Waals surface area contributed by atoms with E-state index in [1.54, 1.807) is 41.5 Å². The molecule has 35 heavy (non-hydrogen) atoms. The lowest BCUT2D eigenvalue weighted by Crippen LogP contribution is -2.25. The van der Waals surface area contributed by atoms with Gasteiger partial charge in [-0.05, 0) is 43.0 Å². The SMILES string of the molecule is Cn1cc(-c2cnc3[nH]cc(-c4nnc(Nc5ccc(C(=O)NCC6CC6)cc5Cl)o4)c3c2)cn1. The van der Waals surface area contributed by atoms with E-state index in [2.05, 4.69) is 35.9 Å². The molecule has 3 N–H and O–H groups in total. The van der Waals surface area contributed by atoms with Gasteiger partial charge in [0.25, 0.3) is 11.8 Å². The smallest absolute Gasteiger partial charge is 0.320 e. The minimum Gasteiger partial charge on any atom is -0.403 e. The molecule has 10 nitrogen and oxygen atoms in total. The molecule has 4 heterocycles. The third-order valence-corrected chi connectivity index (χ3v) is 6.26. The number of H-pyrrole nitrogens is 1. The number of aryl methyl sites for hydroxylation is 1. The molecule has 0 saturated heterocycles. The molecule has 5 aromatic rings. The Bertz CT molecular complexity index is 1550. The van der Waals surface area contributed by atoms with Crippen LogP contribution in [0.5, 0.6) is 0 Å². The van der Waals surface area contributed by atoms with Crippen LogP contribution in [0, 0.1) is 5.92 Å². The zero-order valence-electron chi connectivity index (χ0n) is 18.7. The van der Waals surface area contributed by atoms with Crippen LogP contribution in [0.2, 0.25) is 5.02 Å². The number of pyridine rings is 1.